The first-order valence-corrected chi connectivity index (χ1v) is 5.00. The van der Waals surface area contributed by atoms with Crippen LogP contribution in [0.3, 0.4) is 0 Å². The number of rotatable bonds is 5. The molecule has 0 amide bonds. The van der Waals surface area contributed by atoms with E-state index in [0.29, 0.717) is 6.61 Å². The van der Waals surface area contributed by atoms with Crippen LogP contribution in [-0.4, -0.2) is 13.4 Å². The molecule has 0 aliphatic carbocycles. The van der Waals surface area contributed by atoms with E-state index in [9.17, 15) is 0 Å². The van der Waals surface area contributed by atoms with Gasteiger partial charge in [-0.05, 0) is 11.6 Å². The molecule has 0 unspecified atom stereocenters. The lowest BCUT2D eigenvalue weighted by molar-refractivity contribution is -0.0988. The number of nitrogens with zero attached hydrogens (tertiary/aromatic N) is 2. The maximum absolute atomic E-state index is 8.60. The van der Waals surface area contributed by atoms with Crippen LogP contribution in [0.1, 0.15) is 5.56 Å². The third kappa shape index (κ3) is 4.48. The van der Waals surface area contributed by atoms with E-state index in [1.165, 1.54) is 13.2 Å². The summed E-state index contributed by atoms with van der Waals surface area (Å²) in [6, 6.07) is 13.1. The van der Waals surface area contributed by atoms with Crippen molar-refractivity contribution >= 4 is 0 Å². The van der Waals surface area contributed by atoms with Crippen molar-refractivity contribution in [3.05, 3.63) is 47.5 Å². The predicted molar refractivity (Wildman–Crippen MR) is 61.3 cm³/mol. The zero-order valence-corrected chi connectivity index (χ0v) is 9.46. The summed E-state index contributed by atoms with van der Waals surface area (Å²) >= 11 is 0. The largest absolute Gasteiger partial charge is 0.352 e. The van der Waals surface area contributed by atoms with Crippen LogP contribution < -0.4 is 0 Å². The predicted octanol–water partition coefficient (Wildman–Crippen LogP) is 2.15. The Balaban J connectivity index is 2.58. The fourth-order valence-electron chi connectivity index (χ4n) is 1.17. The summed E-state index contributed by atoms with van der Waals surface area (Å²) in [6.07, 6.45) is 0.660. The van der Waals surface area contributed by atoms with Crippen LogP contribution in [0.2, 0.25) is 0 Å². The lowest BCUT2D eigenvalue weighted by atomic mass is 10.2. The Bertz CT molecular complexity index is 439. The molecular formula is C13H12N2O2. The molecule has 0 aliphatic rings. The van der Waals surface area contributed by atoms with Crippen LogP contribution in [0.15, 0.2) is 42.0 Å². The number of nitriles is 2. The summed E-state index contributed by atoms with van der Waals surface area (Å²) in [7, 11) is 1.46. The second kappa shape index (κ2) is 7.19. The van der Waals surface area contributed by atoms with E-state index in [1.54, 1.807) is 12.1 Å². The van der Waals surface area contributed by atoms with Gasteiger partial charge in [0.05, 0.1) is 6.61 Å². The first-order chi connectivity index (χ1) is 8.30. The molecule has 0 aliphatic heterocycles. The van der Waals surface area contributed by atoms with E-state index < -0.39 is 6.29 Å². The van der Waals surface area contributed by atoms with E-state index in [4.69, 9.17) is 20.0 Å². The fourth-order valence-corrected chi connectivity index (χ4v) is 1.17. The Morgan fingerprint density at radius 1 is 1.29 bits per heavy atom. The number of allylic oxidation sites excluding steroid dienone is 1. The Morgan fingerprint density at radius 3 is 2.47 bits per heavy atom. The van der Waals surface area contributed by atoms with Gasteiger partial charge in [-0.2, -0.15) is 10.5 Å². The summed E-state index contributed by atoms with van der Waals surface area (Å²) in [5.41, 5.74) is 0.975. The van der Waals surface area contributed by atoms with E-state index >= 15 is 0 Å². The Kier molecular flexibility index (Phi) is 5.46. The van der Waals surface area contributed by atoms with Crippen molar-refractivity contribution in [2.45, 2.75) is 12.9 Å². The lowest BCUT2D eigenvalue weighted by Crippen LogP contribution is -2.12. The molecule has 0 N–H and O–H groups in total. The van der Waals surface area contributed by atoms with Gasteiger partial charge in [-0.25, -0.2) is 0 Å². The van der Waals surface area contributed by atoms with Gasteiger partial charge in [-0.3, -0.25) is 0 Å². The topological polar surface area (TPSA) is 66.0 Å². The van der Waals surface area contributed by atoms with Crippen LogP contribution in [-0.2, 0) is 16.1 Å². The molecule has 4 heteroatoms. The highest BCUT2D eigenvalue weighted by Crippen LogP contribution is 2.06. The highest BCUT2D eigenvalue weighted by Gasteiger charge is 2.06. The van der Waals surface area contributed by atoms with Crippen LogP contribution >= 0.6 is 0 Å². The molecule has 1 aromatic carbocycles. The van der Waals surface area contributed by atoms with E-state index in [2.05, 4.69) is 0 Å². The standard InChI is InChI=1S/C13H12N2O2/c1-16-13(7-12(8-14)9-15)17-10-11-5-3-2-4-6-11/h2-7,13H,10H2,1H3/t13-/m0/s1. The van der Waals surface area contributed by atoms with Crippen molar-refractivity contribution in [1.82, 2.24) is 0 Å². The zero-order chi connectivity index (χ0) is 12.5. The van der Waals surface area contributed by atoms with Crippen molar-refractivity contribution in [2.75, 3.05) is 7.11 Å². The summed E-state index contributed by atoms with van der Waals surface area (Å²) in [5.74, 6) is 0. The normalized spacial score (nSPS) is 11.0. The monoisotopic (exact) mass is 228 g/mol. The smallest absolute Gasteiger partial charge is 0.179 e. The molecule has 0 radical (unpaired) electrons. The molecule has 0 heterocycles. The van der Waals surface area contributed by atoms with Crippen LogP contribution in [0.5, 0.6) is 0 Å². The molecule has 0 saturated carbocycles. The maximum Gasteiger partial charge on any atom is 0.179 e. The molecule has 0 saturated heterocycles. The van der Waals surface area contributed by atoms with Crippen LogP contribution in [0.4, 0.5) is 0 Å². The summed E-state index contributed by atoms with van der Waals surface area (Å²) in [6.45, 7) is 0.361. The van der Waals surface area contributed by atoms with Crippen LogP contribution in [0.25, 0.3) is 0 Å². The van der Waals surface area contributed by atoms with Crippen LogP contribution in [0, 0.1) is 22.7 Å². The Hall–Kier alpha value is -2.14. The first kappa shape index (κ1) is 12.9. The van der Waals surface area contributed by atoms with Crippen molar-refractivity contribution in [3.8, 4) is 12.1 Å². The summed E-state index contributed by atoms with van der Waals surface area (Å²) in [5, 5.41) is 17.2. The third-order valence-corrected chi connectivity index (χ3v) is 2.03. The van der Waals surface area contributed by atoms with Gasteiger partial charge in [0.2, 0.25) is 0 Å². The Labute approximate surface area is 100 Å². The first-order valence-electron chi connectivity index (χ1n) is 5.00. The minimum atomic E-state index is -0.690. The lowest BCUT2D eigenvalue weighted by Gasteiger charge is -2.12. The number of hydrogen-bond donors (Lipinski definition) is 0. The van der Waals surface area contributed by atoms with Gasteiger partial charge >= 0.3 is 0 Å². The molecule has 0 aromatic heterocycles. The molecule has 4 nitrogen and oxygen atoms in total. The molecule has 17 heavy (non-hydrogen) atoms. The number of ether oxygens (including phenoxy) is 2. The minimum Gasteiger partial charge on any atom is -0.352 e. The zero-order valence-electron chi connectivity index (χ0n) is 9.46. The van der Waals surface area contributed by atoms with E-state index in [0.717, 1.165) is 5.56 Å². The molecule has 0 spiro atoms. The van der Waals surface area contributed by atoms with Gasteiger partial charge in [0.25, 0.3) is 0 Å². The minimum absolute atomic E-state index is 0.0232. The van der Waals surface area contributed by atoms with E-state index in [1.807, 2.05) is 30.3 Å². The average molecular weight is 228 g/mol. The number of hydrogen-bond acceptors (Lipinski definition) is 4. The molecule has 1 rings (SSSR count). The van der Waals surface area contributed by atoms with Gasteiger partial charge in [0.15, 0.2) is 6.29 Å². The van der Waals surface area contributed by atoms with Gasteiger partial charge in [-0.1, -0.05) is 30.3 Å². The van der Waals surface area contributed by atoms with E-state index in [-0.39, 0.29) is 5.57 Å². The molecule has 1 aromatic rings. The molecule has 0 bridgehead atoms. The van der Waals surface area contributed by atoms with Gasteiger partial charge < -0.3 is 9.47 Å². The summed E-state index contributed by atoms with van der Waals surface area (Å²) in [4.78, 5) is 0. The maximum atomic E-state index is 8.60. The highest BCUT2D eigenvalue weighted by molar-refractivity contribution is 5.35. The fraction of sp³-hybridized carbons (Fsp3) is 0.231. The molecule has 0 fully saturated rings. The quantitative estimate of drug-likeness (QED) is 0.572. The Morgan fingerprint density at radius 2 is 1.94 bits per heavy atom. The third-order valence-electron chi connectivity index (χ3n) is 2.03. The van der Waals surface area contributed by atoms with Gasteiger partial charge in [0.1, 0.15) is 17.7 Å². The van der Waals surface area contributed by atoms with Crippen molar-refractivity contribution in [2.24, 2.45) is 0 Å². The van der Waals surface area contributed by atoms with Gasteiger partial charge in [-0.15, -0.1) is 0 Å². The van der Waals surface area contributed by atoms with Gasteiger partial charge in [0, 0.05) is 7.11 Å². The molecular weight excluding hydrogens is 216 g/mol. The molecule has 1 atom stereocenters. The SMILES string of the molecule is CO[C@H](C=C(C#N)C#N)OCc1ccccc1. The second-order valence-corrected chi connectivity index (χ2v) is 3.20. The van der Waals surface area contributed by atoms with Crippen molar-refractivity contribution < 1.29 is 9.47 Å². The summed E-state index contributed by atoms with van der Waals surface area (Å²) < 4.78 is 10.4. The highest BCUT2D eigenvalue weighted by atomic mass is 16.7. The average Bonchev–Trinajstić information content (AvgIpc) is 2.40. The molecule has 86 valence electrons. The number of methoxy groups -OCH3 is 1. The second-order valence-electron chi connectivity index (χ2n) is 3.20. The van der Waals surface area contributed by atoms with Crippen molar-refractivity contribution in [3.63, 3.8) is 0 Å². The van der Waals surface area contributed by atoms with Crippen molar-refractivity contribution in [1.29, 1.82) is 10.5 Å². The number of benzene rings is 1.